The first-order chi connectivity index (χ1) is 12.2. The zero-order valence-electron chi connectivity index (χ0n) is 13.8. The van der Waals surface area contributed by atoms with Gasteiger partial charge in [0.1, 0.15) is 12.4 Å². The number of ether oxygens (including phenoxy) is 1. The number of carbonyl (C=O) groups is 1. The Hall–Kier alpha value is -2.92. The van der Waals surface area contributed by atoms with Gasteiger partial charge >= 0.3 is 0 Å². The van der Waals surface area contributed by atoms with Crippen molar-refractivity contribution in [3.63, 3.8) is 0 Å². The number of nitrogens with one attached hydrogen (secondary N) is 1. The zero-order chi connectivity index (χ0) is 17.5. The second-order valence-corrected chi connectivity index (χ2v) is 6.32. The first kappa shape index (κ1) is 16.9. The number of amides is 1. The average Bonchev–Trinajstić information content (AvgIpc) is 3.04. The number of carbonyl (C=O) groups excluding carboxylic acids is 1. The van der Waals surface area contributed by atoms with Crippen LogP contribution in [0.2, 0.25) is 0 Å². The maximum absolute atomic E-state index is 11.9. The molecule has 25 heavy (non-hydrogen) atoms. The maximum Gasteiger partial charge on any atom is 0.250 e. The number of aromatic nitrogens is 1. The van der Waals surface area contributed by atoms with Crippen molar-refractivity contribution >= 4 is 28.5 Å². The number of rotatable bonds is 6. The van der Waals surface area contributed by atoms with E-state index in [1.807, 2.05) is 66.9 Å². The molecule has 0 saturated heterocycles. The summed E-state index contributed by atoms with van der Waals surface area (Å²) in [6.07, 6.45) is 3.25. The largest absolute Gasteiger partial charge is 0.489 e. The van der Waals surface area contributed by atoms with Crippen LogP contribution in [0, 0.1) is 6.92 Å². The van der Waals surface area contributed by atoms with Gasteiger partial charge in [-0.1, -0.05) is 42.5 Å². The van der Waals surface area contributed by atoms with Crippen molar-refractivity contribution in [3.05, 3.63) is 82.9 Å². The summed E-state index contributed by atoms with van der Waals surface area (Å²) in [5, 5.41) is 5.24. The van der Waals surface area contributed by atoms with Crippen LogP contribution in [0.4, 0.5) is 5.13 Å². The highest BCUT2D eigenvalue weighted by atomic mass is 32.1. The number of hydrogen-bond acceptors (Lipinski definition) is 4. The molecule has 126 valence electrons. The fourth-order valence-corrected chi connectivity index (χ4v) is 2.87. The van der Waals surface area contributed by atoms with Crippen molar-refractivity contribution in [1.29, 1.82) is 0 Å². The van der Waals surface area contributed by atoms with E-state index in [9.17, 15) is 4.79 Å². The molecule has 0 aliphatic heterocycles. The quantitative estimate of drug-likeness (QED) is 0.657. The number of benzene rings is 2. The fourth-order valence-electron chi connectivity index (χ4n) is 2.18. The van der Waals surface area contributed by atoms with Crippen molar-refractivity contribution < 1.29 is 9.53 Å². The van der Waals surface area contributed by atoms with Gasteiger partial charge in [-0.15, -0.1) is 11.3 Å². The Kier molecular flexibility index (Phi) is 5.59. The molecule has 0 aliphatic carbocycles. The molecular formula is C20H18N2O2S. The van der Waals surface area contributed by atoms with E-state index in [4.69, 9.17) is 4.74 Å². The lowest BCUT2D eigenvalue weighted by Crippen LogP contribution is -2.07. The Balaban J connectivity index is 1.58. The number of anilines is 1. The van der Waals surface area contributed by atoms with E-state index in [-0.39, 0.29) is 5.91 Å². The minimum absolute atomic E-state index is 0.204. The first-order valence-electron chi connectivity index (χ1n) is 7.87. The molecule has 1 aromatic heterocycles. The molecule has 2 aromatic carbocycles. The second kappa shape index (κ2) is 8.26. The lowest BCUT2D eigenvalue weighted by Gasteiger charge is -2.06. The molecule has 3 rings (SSSR count). The Bertz CT molecular complexity index is 872. The molecule has 5 heteroatoms. The SMILES string of the molecule is Cc1csc(NC(=O)/C=C/c2cccc(OCc3ccccc3)c2)n1. The number of aryl methyl sites for hydroxylation is 1. The van der Waals surface area contributed by atoms with Gasteiger partial charge < -0.3 is 4.74 Å². The summed E-state index contributed by atoms with van der Waals surface area (Å²) in [5.41, 5.74) is 2.91. The van der Waals surface area contributed by atoms with Crippen LogP contribution < -0.4 is 10.1 Å². The van der Waals surface area contributed by atoms with Crippen molar-refractivity contribution in [2.75, 3.05) is 5.32 Å². The van der Waals surface area contributed by atoms with Crippen LogP contribution in [0.5, 0.6) is 5.75 Å². The van der Waals surface area contributed by atoms with Gasteiger partial charge in [0, 0.05) is 11.5 Å². The molecule has 0 radical (unpaired) electrons. The first-order valence-corrected chi connectivity index (χ1v) is 8.75. The minimum Gasteiger partial charge on any atom is -0.489 e. The Morgan fingerprint density at radius 3 is 2.80 bits per heavy atom. The molecule has 1 heterocycles. The van der Waals surface area contributed by atoms with Gasteiger partial charge in [-0.2, -0.15) is 0 Å². The van der Waals surface area contributed by atoms with Gasteiger partial charge in [-0.25, -0.2) is 4.98 Å². The van der Waals surface area contributed by atoms with E-state index in [2.05, 4.69) is 10.3 Å². The van der Waals surface area contributed by atoms with Gasteiger partial charge in [0.15, 0.2) is 5.13 Å². The minimum atomic E-state index is -0.204. The van der Waals surface area contributed by atoms with E-state index in [1.54, 1.807) is 6.08 Å². The summed E-state index contributed by atoms with van der Waals surface area (Å²) in [6, 6.07) is 17.6. The number of hydrogen-bond donors (Lipinski definition) is 1. The second-order valence-electron chi connectivity index (χ2n) is 5.46. The predicted molar refractivity (Wildman–Crippen MR) is 102 cm³/mol. The molecule has 1 N–H and O–H groups in total. The third kappa shape index (κ3) is 5.29. The standard InChI is InChI=1S/C20H18N2O2S/c1-15-14-25-20(21-15)22-19(23)11-10-16-8-5-9-18(12-16)24-13-17-6-3-2-4-7-17/h2-12,14H,13H2,1H3,(H,21,22,23)/b11-10+. The van der Waals surface area contributed by atoms with Gasteiger partial charge in [0.25, 0.3) is 0 Å². The predicted octanol–water partition coefficient (Wildman–Crippen LogP) is 4.68. The monoisotopic (exact) mass is 350 g/mol. The normalized spacial score (nSPS) is 10.8. The Labute approximate surface area is 150 Å². The lowest BCUT2D eigenvalue weighted by molar-refractivity contribution is -0.111. The summed E-state index contributed by atoms with van der Waals surface area (Å²) in [7, 11) is 0. The smallest absolute Gasteiger partial charge is 0.250 e. The summed E-state index contributed by atoms with van der Waals surface area (Å²) >= 11 is 1.41. The number of thiazole rings is 1. The van der Waals surface area contributed by atoms with E-state index in [0.717, 1.165) is 22.6 Å². The van der Waals surface area contributed by atoms with E-state index in [0.29, 0.717) is 11.7 Å². The summed E-state index contributed by atoms with van der Waals surface area (Å²) < 4.78 is 5.80. The molecule has 0 aliphatic rings. The molecule has 1 amide bonds. The molecular weight excluding hydrogens is 332 g/mol. The molecule has 0 unspecified atom stereocenters. The van der Waals surface area contributed by atoms with Crippen molar-refractivity contribution in [2.24, 2.45) is 0 Å². The van der Waals surface area contributed by atoms with Crippen LogP contribution in [-0.2, 0) is 11.4 Å². The molecule has 0 spiro atoms. The molecule has 0 fully saturated rings. The van der Waals surface area contributed by atoms with Crippen molar-refractivity contribution in [2.45, 2.75) is 13.5 Å². The van der Waals surface area contributed by atoms with Crippen LogP contribution in [0.3, 0.4) is 0 Å². The highest BCUT2D eigenvalue weighted by Gasteiger charge is 2.02. The Morgan fingerprint density at radius 1 is 1.20 bits per heavy atom. The highest BCUT2D eigenvalue weighted by molar-refractivity contribution is 7.13. The van der Waals surface area contributed by atoms with E-state index >= 15 is 0 Å². The fraction of sp³-hybridized carbons (Fsp3) is 0.100. The summed E-state index contributed by atoms with van der Waals surface area (Å²) in [4.78, 5) is 16.1. The van der Waals surface area contributed by atoms with Crippen molar-refractivity contribution in [3.8, 4) is 5.75 Å². The van der Waals surface area contributed by atoms with Crippen LogP contribution in [-0.4, -0.2) is 10.9 Å². The summed E-state index contributed by atoms with van der Waals surface area (Å²) in [5.74, 6) is 0.562. The van der Waals surface area contributed by atoms with Gasteiger partial charge in [-0.3, -0.25) is 10.1 Å². The zero-order valence-corrected chi connectivity index (χ0v) is 14.6. The van der Waals surface area contributed by atoms with Crippen LogP contribution in [0.1, 0.15) is 16.8 Å². The molecule has 0 saturated carbocycles. The third-order valence-corrected chi connectivity index (χ3v) is 4.26. The molecule has 0 bridgehead atoms. The Morgan fingerprint density at radius 2 is 2.04 bits per heavy atom. The average molecular weight is 350 g/mol. The topological polar surface area (TPSA) is 51.2 Å². The number of nitrogens with zero attached hydrogens (tertiary/aromatic N) is 1. The van der Waals surface area contributed by atoms with E-state index in [1.165, 1.54) is 17.4 Å². The molecule has 4 nitrogen and oxygen atoms in total. The third-order valence-electron chi connectivity index (χ3n) is 3.38. The van der Waals surface area contributed by atoms with Crippen molar-refractivity contribution in [1.82, 2.24) is 4.98 Å². The van der Waals surface area contributed by atoms with Gasteiger partial charge in [0.05, 0.1) is 5.69 Å². The van der Waals surface area contributed by atoms with Crippen LogP contribution in [0.25, 0.3) is 6.08 Å². The lowest BCUT2D eigenvalue weighted by atomic mass is 10.2. The van der Waals surface area contributed by atoms with Crippen LogP contribution >= 0.6 is 11.3 Å². The highest BCUT2D eigenvalue weighted by Crippen LogP contribution is 2.17. The van der Waals surface area contributed by atoms with Crippen LogP contribution in [0.15, 0.2) is 66.1 Å². The maximum atomic E-state index is 11.9. The van der Waals surface area contributed by atoms with Gasteiger partial charge in [0.2, 0.25) is 5.91 Å². The van der Waals surface area contributed by atoms with Gasteiger partial charge in [-0.05, 0) is 36.3 Å². The molecule has 3 aromatic rings. The molecule has 0 atom stereocenters. The summed E-state index contributed by atoms with van der Waals surface area (Å²) in [6.45, 7) is 2.40. The van der Waals surface area contributed by atoms with E-state index < -0.39 is 0 Å².